The van der Waals surface area contributed by atoms with E-state index in [2.05, 4.69) is 5.32 Å². The Bertz CT molecular complexity index is 295. The molecule has 5 heteroatoms. The van der Waals surface area contributed by atoms with Crippen LogP contribution in [0.2, 0.25) is 0 Å². The number of piperidine rings is 1. The van der Waals surface area contributed by atoms with Crippen molar-refractivity contribution in [1.29, 1.82) is 0 Å². The van der Waals surface area contributed by atoms with Gasteiger partial charge in [-0.3, -0.25) is 9.59 Å². The Morgan fingerprint density at radius 1 is 1.28 bits per heavy atom. The molecule has 0 radical (unpaired) electrons. The van der Waals surface area contributed by atoms with Crippen molar-refractivity contribution in [3.05, 3.63) is 0 Å². The molecular formula is C13H25N3O2. The van der Waals surface area contributed by atoms with Gasteiger partial charge in [0.1, 0.15) is 0 Å². The lowest BCUT2D eigenvalue weighted by Gasteiger charge is -2.33. The number of hydrogen-bond donors (Lipinski definition) is 2. The Morgan fingerprint density at radius 2 is 1.83 bits per heavy atom. The number of rotatable bonds is 4. The number of nitrogens with zero attached hydrogens (tertiary/aromatic N) is 1. The van der Waals surface area contributed by atoms with Gasteiger partial charge in [0.15, 0.2) is 0 Å². The summed E-state index contributed by atoms with van der Waals surface area (Å²) in [6.45, 7) is 7.13. The van der Waals surface area contributed by atoms with Crippen LogP contribution in [-0.4, -0.2) is 41.9 Å². The average molecular weight is 255 g/mol. The molecule has 1 unspecified atom stereocenters. The van der Waals surface area contributed by atoms with Crippen molar-refractivity contribution >= 4 is 11.8 Å². The van der Waals surface area contributed by atoms with Crippen molar-refractivity contribution in [2.24, 2.45) is 11.7 Å². The van der Waals surface area contributed by atoms with Gasteiger partial charge in [0.25, 0.3) is 0 Å². The number of carbonyl (C=O) groups is 2. The molecule has 0 saturated carbocycles. The quantitative estimate of drug-likeness (QED) is 0.767. The molecule has 104 valence electrons. The van der Waals surface area contributed by atoms with E-state index in [0.29, 0.717) is 6.42 Å². The lowest BCUT2D eigenvalue weighted by atomic mass is 10.0. The van der Waals surface area contributed by atoms with Crippen molar-refractivity contribution in [2.45, 2.75) is 52.1 Å². The molecule has 5 nitrogen and oxygen atoms in total. The third-order valence-electron chi connectivity index (χ3n) is 3.17. The highest BCUT2D eigenvalue weighted by molar-refractivity contribution is 5.78. The zero-order valence-electron chi connectivity index (χ0n) is 11.6. The molecule has 1 atom stereocenters. The molecule has 1 aliphatic rings. The van der Waals surface area contributed by atoms with Gasteiger partial charge in [-0.05, 0) is 19.8 Å². The van der Waals surface area contributed by atoms with Crippen molar-refractivity contribution in [3.8, 4) is 0 Å². The maximum atomic E-state index is 11.8. The monoisotopic (exact) mass is 255 g/mol. The van der Waals surface area contributed by atoms with E-state index in [1.807, 2.05) is 25.7 Å². The third-order valence-corrected chi connectivity index (χ3v) is 3.17. The van der Waals surface area contributed by atoms with Crippen molar-refractivity contribution in [3.63, 3.8) is 0 Å². The van der Waals surface area contributed by atoms with Crippen LogP contribution in [0.25, 0.3) is 0 Å². The van der Waals surface area contributed by atoms with Crippen LogP contribution >= 0.6 is 0 Å². The van der Waals surface area contributed by atoms with Gasteiger partial charge in [0.2, 0.25) is 11.8 Å². The van der Waals surface area contributed by atoms with Crippen LogP contribution < -0.4 is 11.1 Å². The Kier molecular flexibility index (Phi) is 5.59. The van der Waals surface area contributed by atoms with Crippen LogP contribution in [0.5, 0.6) is 0 Å². The fourth-order valence-electron chi connectivity index (χ4n) is 2.19. The molecule has 0 bridgehead atoms. The highest BCUT2D eigenvalue weighted by Crippen LogP contribution is 2.13. The van der Waals surface area contributed by atoms with E-state index in [4.69, 9.17) is 5.73 Å². The Hall–Kier alpha value is -1.10. The number of nitrogens with one attached hydrogen (secondary N) is 1. The second-order valence-electron chi connectivity index (χ2n) is 5.50. The molecule has 2 amide bonds. The van der Waals surface area contributed by atoms with E-state index >= 15 is 0 Å². The van der Waals surface area contributed by atoms with E-state index in [9.17, 15) is 9.59 Å². The lowest BCUT2D eigenvalue weighted by molar-refractivity contribution is -0.135. The first kappa shape index (κ1) is 15.0. The Morgan fingerprint density at radius 3 is 2.28 bits per heavy atom. The Balaban J connectivity index is 2.31. The lowest BCUT2D eigenvalue weighted by Crippen LogP contribution is -2.48. The van der Waals surface area contributed by atoms with Gasteiger partial charge in [0, 0.05) is 37.5 Å². The van der Waals surface area contributed by atoms with Crippen molar-refractivity contribution < 1.29 is 9.59 Å². The van der Waals surface area contributed by atoms with E-state index in [1.54, 1.807) is 0 Å². The fraction of sp³-hybridized carbons (Fsp3) is 0.846. The fourth-order valence-corrected chi connectivity index (χ4v) is 2.19. The first-order chi connectivity index (χ1) is 8.40. The minimum Gasteiger partial charge on any atom is -0.353 e. The molecule has 1 heterocycles. The largest absolute Gasteiger partial charge is 0.353 e. The summed E-state index contributed by atoms with van der Waals surface area (Å²) in [6, 6.07) is 0.0834. The van der Waals surface area contributed by atoms with Gasteiger partial charge in [-0.25, -0.2) is 0 Å². The summed E-state index contributed by atoms with van der Waals surface area (Å²) in [6.07, 6.45) is 2.04. The number of amides is 2. The van der Waals surface area contributed by atoms with Gasteiger partial charge >= 0.3 is 0 Å². The molecule has 1 aliphatic heterocycles. The van der Waals surface area contributed by atoms with Crippen LogP contribution in [-0.2, 0) is 9.59 Å². The summed E-state index contributed by atoms with van der Waals surface area (Å²) in [7, 11) is 0. The minimum atomic E-state index is -0.104. The molecule has 0 aromatic rings. The number of nitrogens with two attached hydrogens (primary N) is 1. The molecule has 0 spiro atoms. The summed E-state index contributed by atoms with van der Waals surface area (Å²) < 4.78 is 0. The zero-order valence-corrected chi connectivity index (χ0v) is 11.6. The molecule has 0 aliphatic carbocycles. The number of carbonyl (C=O) groups excluding carboxylic acids is 2. The van der Waals surface area contributed by atoms with Gasteiger partial charge < -0.3 is 16.0 Å². The van der Waals surface area contributed by atoms with Crippen LogP contribution in [0.4, 0.5) is 0 Å². The first-order valence-corrected chi connectivity index (χ1v) is 6.74. The highest BCUT2D eigenvalue weighted by Gasteiger charge is 2.25. The second kappa shape index (κ2) is 6.73. The second-order valence-corrected chi connectivity index (χ2v) is 5.50. The molecular weight excluding hydrogens is 230 g/mol. The van der Waals surface area contributed by atoms with Gasteiger partial charge in [0.05, 0.1) is 0 Å². The van der Waals surface area contributed by atoms with Crippen LogP contribution in [0, 0.1) is 5.92 Å². The third kappa shape index (κ3) is 4.64. The standard InChI is InChI=1S/C13H25N3O2/c1-9(2)13(18)16-6-4-11(5-7-16)15-12(17)8-10(3)14/h9-11H,4-8,14H2,1-3H3,(H,15,17). The summed E-state index contributed by atoms with van der Waals surface area (Å²) in [5, 5.41) is 2.98. The topological polar surface area (TPSA) is 75.4 Å². The molecule has 3 N–H and O–H groups in total. The molecule has 1 rings (SSSR count). The number of hydrogen-bond acceptors (Lipinski definition) is 3. The first-order valence-electron chi connectivity index (χ1n) is 6.74. The molecule has 1 fully saturated rings. The SMILES string of the molecule is CC(N)CC(=O)NC1CCN(C(=O)C(C)C)CC1. The van der Waals surface area contributed by atoms with E-state index in [-0.39, 0.29) is 29.8 Å². The highest BCUT2D eigenvalue weighted by atomic mass is 16.2. The van der Waals surface area contributed by atoms with E-state index in [1.165, 1.54) is 0 Å². The van der Waals surface area contributed by atoms with Gasteiger partial charge in [-0.1, -0.05) is 13.8 Å². The minimum absolute atomic E-state index is 0.0126. The van der Waals surface area contributed by atoms with Crippen molar-refractivity contribution in [1.82, 2.24) is 10.2 Å². The van der Waals surface area contributed by atoms with Crippen LogP contribution in [0.3, 0.4) is 0 Å². The predicted octanol–water partition coefficient (Wildman–Crippen LogP) is 0.487. The molecule has 18 heavy (non-hydrogen) atoms. The summed E-state index contributed by atoms with van der Waals surface area (Å²) in [5.74, 6) is 0.267. The van der Waals surface area contributed by atoms with Crippen molar-refractivity contribution in [2.75, 3.05) is 13.1 Å². The maximum absolute atomic E-state index is 11.8. The molecule has 1 saturated heterocycles. The van der Waals surface area contributed by atoms with E-state index in [0.717, 1.165) is 25.9 Å². The normalized spacial score (nSPS) is 18.8. The number of likely N-dealkylation sites (tertiary alicyclic amines) is 1. The smallest absolute Gasteiger partial charge is 0.225 e. The van der Waals surface area contributed by atoms with Gasteiger partial charge in [-0.15, -0.1) is 0 Å². The molecule has 0 aromatic carbocycles. The van der Waals surface area contributed by atoms with Crippen LogP contribution in [0.1, 0.15) is 40.0 Å². The average Bonchev–Trinajstić information content (AvgIpc) is 2.27. The van der Waals surface area contributed by atoms with Gasteiger partial charge in [-0.2, -0.15) is 0 Å². The summed E-state index contributed by atoms with van der Waals surface area (Å²) in [4.78, 5) is 25.3. The zero-order chi connectivity index (χ0) is 13.7. The molecule has 0 aromatic heterocycles. The Labute approximate surface area is 109 Å². The summed E-state index contributed by atoms with van der Waals surface area (Å²) in [5.41, 5.74) is 5.58. The predicted molar refractivity (Wildman–Crippen MR) is 70.8 cm³/mol. The van der Waals surface area contributed by atoms with Crippen LogP contribution in [0.15, 0.2) is 0 Å². The maximum Gasteiger partial charge on any atom is 0.225 e. The van der Waals surface area contributed by atoms with E-state index < -0.39 is 0 Å². The summed E-state index contributed by atoms with van der Waals surface area (Å²) >= 11 is 0.